The minimum atomic E-state index is -0.287. The van der Waals surface area contributed by atoms with Gasteiger partial charge in [0.15, 0.2) is 18.1 Å². The average molecular weight is 647 g/mol. The van der Waals surface area contributed by atoms with E-state index in [0.29, 0.717) is 39.5 Å². The van der Waals surface area contributed by atoms with Crippen LogP contribution in [-0.4, -0.2) is 35.5 Å². The molecule has 0 bridgehead atoms. The largest absolute Gasteiger partial charge is 0.493 e. The molecule has 0 saturated carbocycles. The average Bonchev–Trinajstić information content (AvgIpc) is 2.84. The van der Waals surface area contributed by atoms with E-state index < -0.39 is 0 Å². The Morgan fingerprint density at radius 2 is 1.97 bits per heavy atom. The summed E-state index contributed by atoms with van der Waals surface area (Å²) in [5.74, 6) is 1.06. The van der Waals surface area contributed by atoms with E-state index in [1.54, 1.807) is 43.5 Å². The molecule has 0 aliphatic heterocycles. The first-order valence-corrected chi connectivity index (χ1v) is 12.3. The Morgan fingerprint density at radius 1 is 1.20 bits per heavy atom. The second kappa shape index (κ2) is 11.0. The Hall–Kier alpha value is -3.25. The number of ether oxygens (including phenoxy) is 2. The monoisotopic (exact) mass is 646 g/mol. The van der Waals surface area contributed by atoms with Crippen molar-refractivity contribution in [3.8, 4) is 11.5 Å². The zero-order valence-electron chi connectivity index (χ0n) is 18.8. The predicted molar refractivity (Wildman–Crippen MR) is 148 cm³/mol. The number of nitrogens with zero attached hydrogens (tertiary/aromatic N) is 3. The van der Waals surface area contributed by atoms with Crippen molar-refractivity contribution in [2.75, 3.05) is 19.0 Å². The van der Waals surface area contributed by atoms with Crippen LogP contribution < -0.4 is 20.3 Å². The highest BCUT2D eigenvalue weighted by molar-refractivity contribution is 14.1. The molecule has 0 aliphatic rings. The Labute approximate surface area is 223 Å². The number of carbonyl (C=O) groups excluding carboxylic acids is 1. The van der Waals surface area contributed by atoms with Crippen molar-refractivity contribution in [2.45, 2.75) is 6.92 Å². The lowest BCUT2D eigenvalue weighted by Gasteiger charge is -2.13. The van der Waals surface area contributed by atoms with Crippen LogP contribution >= 0.6 is 38.5 Å². The highest BCUT2D eigenvalue weighted by atomic mass is 127. The summed E-state index contributed by atoms with van der Waals surface area (Å²) in [6.07, 6.45) is 1.55. The van der Waals surface area contributed by atoms with Crippen LogP contribution in [-0.2, 0) is 4.79 Å². The molecule has 35 heavy (non-hydrogen) atoms. The number of fused-ring (bicyclic) bond motifs is 1. The van der Waals surface area contributed by atoms with Crippen LogP contribution in [0.5, 0.6) is 11.5 Å². The standard InChI is InChI=1S/C25H20BrIN4O4/c1-15-29-21-9-8-17(26)12-19(21)25(33)31(15)28-13-16-10-20(27)24(22(11-16)34-2)35-14-23(32)30-18-6-4-3-5-7-18/h3-13H,14H2,1-2H3,(H,30,32). The maximum atomic E-state index is 13.0. The molecule has 4 rings (SSSR count). The number of nitrogens with one attached hydrogen (secondary N) is 1. The van der Waals surface area contributed by atoms with E-state index in [4.69, 9.17) is 9.47 Å². The number of aromatic nitrogens is 2. The van der Waals surface area contributed by atoms with Gasteiger partial charge >= 0.3 is 0 Å². The molecule has 0 aliphatic carbocycles. The van der Waals surface area contributed by atoms with Crippen LogP contribution in [0.4, 0.5) is 5.69 Å². The summed E-state index contributed by atoms with van der Waals surface area (Å²) in [6.45, 7) is 1.55. The highest BCUT2D eigenvalue weighted by Gasteiger charge is 2.14. The summed E-state index contributed by atoms with van der Waals surface area (Å²) < 4.78 is 14.0. The Balaban J connectivity index is 1.55. The number of hydrogen-bond acceptors (Lipinski definition) is 6. The first kappa shape index (κ1) is 24.9. The van der Waals surface area contributed by atoms with Gasteiger partial charge in [-0.2, -0.15) is 9.78 Å². The molecule has 3 aromatic carbocycles. The first-order valence-electron chi connectivity index (χ1n) is 10.4. The third-order valence-corrected chi connectivity index (χ3v) is 6.24. The fourth-order valence-corrected chi connectivity index (χ4v) is 4.47. The Morgan fingerprint density at radius 3 is 2.71 bits per heavy atom. The van der Waals surface area contributed by atoms with E-state index in [1.807, 2.05) is 30.3 Å². The van der Waals surface area contributed by atoms with E-state index in [1.165, 1.54) is 11.8 Å². The molecule has 10 heteroatoms. The molecule has 0 atom stereocenters. The smallest absolute Gasteiger partial charge is 0.282 e. The van der Waals surface area contributed by atoms with Gasteiger partial charge < -0.3 is 14.8 Å². The van der Waals surface area contributed by atoms with Crippen molar-refractivity contribution in [1.29, 1.82) is 0 Å². The fraction of sp³-hybridized carbons (Fsp3) is 0.120. The number of carbonyl (C=O) groups is 1. The van der Waals surface area contributed by atoms with Gasteiger partial charge in [0.25, 0.3) is 11.5 Å². The number of anilines is 1. The summed E-state index contributed by atoms with van der Waals surface area (Å²) in [5, 5.41) is 7.60. The number of benzene rings is 3. The molecule has 1 aromatic heterocycles. The summed E-state index contributed by atoms with van der Waals surface area (Å²) >= 11 is 5.49. The topological polar surface area (TPSA) is 94.8 Å². The molecule has 0 spiro atoms. The maximum absolute atomic E-state index is 13.0. The second-order valence-corrected chi connectivity index (χ2v) is 9.50. The van der Waals surface area contributed by atoms with Crippen molar-refractivity contribution in [1.82, 2.24) is 9.66 Å². The van der Waals surface area contributed by atoms with E-state index in [9.17, 15) is 9.59 Å². The fourth-order valence-electron chi connectivity index (χ4n) is 3.33. The SMILES string of the molecule is COc1cc(C=Nn2c(C)nc3ccc(Br)cc3c2=O)cc(I)c1OCC(=O)Nc1ccccc1. The third kappa shape index (κ3) is 5.88. The molecule has 1 heterocycles. The van der Waals surface area contributed by atoms with Gasteiger partial charge in [-0.1, -0.05) is 34.1 Å². The molecule has 0 saturated heterocycles. The van der Waals surface area contributed by atoms with Crippen molar-refractivity contribution < 1.29 is 14.3 Å². The normalized spacial score (nSPS) is 11.1. The molecule has 4 aromatic rings. The van der Waals surface area contributed by atoms with Gasteiger partial charge in [0, 0.05) is 10.2 Å². The number of para-hydroxylation sites is 1. The van der Waals surface area contributed by atoms with E-state index in [0.717, 1.165) is 8.04 Å². The molecule has 178 valence electrons. The number of amides is 1. The van der Waals surface area contributed by atoms with E-state index in [2.05, 4.69) is 53.9 Å². The highest BCUT2D eigenvalue weighted by Crippen LogP contribution is 2.33. The summed E-state index contributed by atoms with van der Waals surface area (Å²) in [6, 6.07) is 18.0. The van der Waals surface area contributed by atoms with Crippen molar-refractivity contribution in [3.05, 3.63) is 90.4 Å². The first-order chi connectivity index (χ1) is 16.9. The minimum absolute atomic E-state index is 0.179. The number of aryl methyl sites for hydroxylation is 1. The van der Waals surface area contributed by atoms with Gasteiger partial charge in [-0.25, -0.2) is 4.98 Å². The second-order valence-electron chi connectivity index (χ2n) is 7.42. The number of rotatable bonds is 7. The van der Waals surface area contributed by atoms with Crippen molar-refractivity contribution in [3.63, 3.8) is 0 Å². The van der Waals surface area contributed by atoms with Crippen LogP contribution in [0.25, 0.3) is 10.9 Å². The lowest BCUT2D eigenvalue weighted by molar-refractivity contribution is -0.118. The van der Waals surface area contributed by atoms with Crippen LogP contribution in [0, 0.1) is 10.5 Å². The van der Waals surface area contributed by atoms with Gasteiger partial charge in [-0.05, 0) is 77.5 Å². The Kier molecular flexibility index (Phi) is 7.81. The van der Waals surface area contributed by atoms with Gasteiger partial charge in [-0.3, -0.25) is 9.59 Å². The van der Waals surface area contributed by atoms with Gasteiger partial charge in [0.1, 0.15) is 5.82 Å². The molecule has 8 nitrogen and oxygen atoms in total. The zero-order valence-corrected chi connectivity index (χ0v) is 22.5. The number of halogens is 2. The van der Waals surface area contributed by atoms with Crippen molar-refractivity contribution >= 4 is 67.2 Å². The lowest BCUT2D eigenvalue weighted by Crippen LogP contribution is -2.21. The van der Waals surface area contributed by atoms with E-state index in [-0.39, 0.29) is 18.1 Å². The third-order valence-electron chi connectivity index (χ3n) is 4.95. The molecule has 0 radical (unpaired) electrons. The molecule has 0 fully saturated rings. The maximum Gasteiger partial charge on any atom is 0.282 e. The quantitative estimate of drug-likeness (QED) is 0.226. The van der Waals surface area contributed by atoms with Crippen LogP contribution in [0.15, 0.2) is 75.0 Å². The van der Waals surface area contributed by atoms with Gasteiger partial charge in [0.2, 0.25) is 0 Å². The number of methoxy groups -OCH3 is 1. The summed E-state index contributed by atoms with van der Waals surface area (Å²) in [7, 11) is 1.52. The summed E-state index contributed by atoms with van der Waals surface area (Å²) in [5.41, 5.74) is 1.72. The molecular weight excluding hydrogens is 627 g/mol. The molecule has 1 amide bonds. The minimum Gasteiger partial charge on any atom is -0.493 e. The van der Waals surface area contributed by atoms with Crippen LogP contribution in [0.1, 0.15) is 11.4 Å². The molecular formula is C25H20BrIN4O4. The number of hydrogen-bond donors (Lipinski definition) is 1. The zero-order chi connectivity index (χ0) is 24.9. The van der Waals surface area contributed by atoms with Crippen molar-refractivity contribution in [2.24, 2.45) is 5.10 Å². The predicted octanol–water partition coefficient (Wildman–Crippen LogP) is 4.98. The Bertz CT molecular complexity index is 1490. The lowest BCUT2D eigenvalue weighted by atomic mass is 10.2. The van der Waals surface area contributed by atoms with Crippen LogP contribution in [0.2, 0.25) is 0 Å². The molecule has 1 N–H and O–H groups in total. The van der Waals surface area contributed by atoms with Gasteiger partial charge in [0.05, 0.1) is 27.8 Å². The summed E-state index contributed by atoms with van der Waals surface area (Å²) in [4.78, 5) is 29.7. The van der Waals surface area contributed by atoms with Gasteiger partial charge in [-0.15, -0.1) is 0 Å². The molecule has 0 unspecified atom stereocenters. The van der Waals surface area contributed by atoms with E-state index >= 15 is 0 Å². The van der Waals surface area contributed by atoms with Crippen LogP contribution in [0.3, 0.4) is 0 Å².